The Labute approximate surface area is 111 Å². The fourth-order valence-electron chi connectivity index (χ4n) is 0.266. The van der Waals surface area contributed by atoms with E-state index in [9.17, 15) is 4.79 Å². The molecule has 0 heterocycles. The quantitative estimate of drug-likeness (QED) is 0.309. The second-order valence-electron chi connectivity index (χ2n) is 1.53. The van der Waals surface area contributed by atoms with Crippen molar-refractivity contribution in [2.45, 2.75) is 12.4 Å². The van der Waals surface area contributed by atoms with Gasteiger partial charge in [0.05, 0.1) is 0 Å². The van der Waals surface area contributed by atoms with Gasteiger partial charge in [0.25, 0.3) is 11.9 Å². The molecular formula is C3H10Na2O5Si. The van der Waals surface area contributed by atoms with Crippen LogP contribution in [0.5, 0.6) is 0 Å². The van der Waals surface area contributed by atoms with Crippen LogP contribution in [-0.2, 0) is 9.22 Å². The van der Waals surface area contributed by atoms with Crippen molar-refractivity contribution in [1.82, 2.24) is 0 Å². The molecular weight excluding hydrogens is 190 g/mol. The predicted octanol–water partition coefficient (Wildman–Crippen LogP) is -4.47. The number of hydrogen-bond donors (Lipinski definition) is 3. The maximum atomic E-state index is 10.2. The van der Waals surface area contributed by atoms with Crippen LogP contribution in [0, 0.1) is 0 Å². The van der Waals surface area contributed by atoms with Crippen molar-refractivity contribution in [2.24, 2.45) is 0 Å². The zero-order valence-electron chi connectivity index (χ0n) is 4.87. The van der Waals surface area contributed by atoms with Crippen molar-refractivity contribution in [3.8, 4) is 0 Å². The standard InChI is InChI=1S/C3H8O5Si.2Na.2H/c4-2(8-9)1-3(5,6)7;;;;/h5-7H,1H2,9H3;;;;. The SMILES string of the molecule is O=C(CC(O)(O)O)O[SiH3].[NaH].[NaH]. The van der Waals surface area contributed by atoms with Crippen LogP contribution in [0.2, 0.25) is 0 Å². The van der Waals surface area contributed by atoms with Gasteiger partial charge in [0, 0.05) is 0 Å². The molecule has 8 heteroatoms. The van der Waals surface area contributed by atoms with Crippen molar-refractivity contribution in [3.05, 3.63) is 0 Å². The molecule has 0 fully saturated rings. The molecule has 0 aliphatic heterocycles. The van der Waals surface area contributed by atoms with Gasteiger partial charge in [-0.2, -0.15) is 0 Å². The molecule has 0 aromatic heterocycles. The van der Waals surface area contributed by atoms with Gasteiger partial charge in [0.15, 0.2) is 0 Å². The summed E-state index contributed by atoms with van der Waals surface area (Å²) in [5.41, 5.74) is 0. The van der Waals surface area contributed by atoms with Crippen molar-refractivity contribution >= 4 is 75.6 Å². The first-order chi connectivity index (χ1) is 3.95. The van der Waals surface area contributed by atoms with Crippen LogP contribution >= 0.6 is 0 Å². The fourth-order valence-corrected chi connectivity index (χ4v) is 0.410. The molecule has 0 aromatic carbocycles. The number of rotatable bonds is 2. The Morgan fingerprint density at radius 2 is 1.73 bits per heavy atom. The third-order valence-corrected chi connectivity index (χ3v) is 1.06. The van der Waals surface area contributed by atoms with E-state index in [1.54, 1.807) is 0 Å². The molecule has 58 valence electrons. The first-order valence-corrected chi connectivity index (χ1v) is 3.01. The van der Waals surface area contributed by atoms with E-state index in [-0.39, 0.29) is 69.6 Å². The van der Waals surface area contributed by atoms with Crippen LogP contribution in [0.4, 0.5) is 0 Å². The van der Waals surface area contributed by atoms with Crippen molar-refractivity contribution in [1.29, 1.82) is 0 Å². The molecule has 5 nitrogen and oxygen atoms in total. The molecule has 0 aliphatic rings. The molecule has 0 atom stereocenters. The zero-order valence-corrected chi connectivity index (χ0v) is 6.87. The maximum absolute atomic E-state index is 10.2. The van der Waals surface area contributed by atoms with Crippen LogP contribution < -0.4 is 0 Å². The molecule has 0 saturated carbocycles. The molecule has 0 bridgehead atoms. The molecule has 3 N–H and O–H groups in total. The number of hydrogen-bond acceptors (Lipinski definition) is 5. The molecule has 0 rings (SSSR count). The molecule has 0 amide bonds. The third-order valence-electron chi connectivity index (χ3n) is 0.609. The molecule has 0 unspecified atom stereocenters. The van der Waals surface area contributed by atoms with Gasteiger partial charge < -0.3 is 19.7 Å². The minimum atomic E-state index is -2.93. The Balaban J connectivity index is -0.000000320. The van der Waals surface area contributed by atoms with E-state index in [0.717, 1.165) is 0 Å². The van der Waals surface area contributed by atoms with Crippen LogP contribution in [0.15, 0.2) is 0 Å². The van der Waals surface area contributed by atoms with Gasteiger partial charge in [-0.15, -0.1) is 0 Å². The summed E-state index contributed by atoms with van der Waals surface area (Å²) in [5, 5.41) is 24.4. The summed E-state index contributed by atoms with van der Waals surface area (Å²) in [4.78, 5) is 10.2. The van der Waals surface area contributed by atoms with Crippen LogP contribution in [0.3, 0.4) is 0 Å². The molecule has 0 saturated heterocycles. The number of carbonyl (C=O) groups excluding carboxylic acids is 1. The van der Waals surface area contributed by atoms with Gasteiger partial charge in [-0.05, 0) is 0 Å². The summed E-state index contributed by atoms with van der Waals surface area (Å²) in [6, 6.07) is 0. The summed E-state index contributed by atoms with van der Waals surface area (Å²) in [5.74, 6) is -3.75. The van der Waals surface area contributed by atoms with E-state index in [4.69, 9.17) is 15.3 Å². The van der Waals surface area contributed by atoms with Crippen LogP contribution in [0.1, 0.15) is 6.42 Å². The molecule has 0 aliphatic carbocycles. The first kappa shape index (κ1) is 18.4. The average Bonchev–Trinajstić information content (AvgIpc) is 1.62. The Morgan fingerprint density at radius 1 is 1.36 bits per heavy atom. The van der Waals surface area contributed by atoms with Gasteiger partial charge in [-0.3, -0.25) is 4.79 Å². The summed E-state index contributed by atoms with van der Waals surface area (Å²) in [6.07, 6.45) is -0.809. The van der Waals surface area contributed by atoms with Gasteiger partial charge in [-0.25, -0.2) is 0 Å². The molecule has 11 heavy (non-hydrogen) atoms. The number of carbonyl (C=O) groups is 1. The van der Waals surface area contributed by atoms with Gasteiger partial charge in [0.1, 0.15) is 6.42 Å². The van der Waals surface area contributed by atoms with Gasteiger partial charge in [-0.1, -0.05) is 0 Å². The van der Waals surface area contributed by atoms with E-state index in [0.29, 0.717) is 0 Å². The topological polar surface area (TPSA) is 87.0 Å². The van der Waals surface area contributed by atoms with Gasteiger partial charge >= 0.3 is 59.1 Å². The van der Waals surface area contributed by atoms with E-state index in [2.05, 4.69) is 4.43 Å². The summed E-state index contributed by atoms with van der Waals surface area (Å²) >= 11 is 0. The average molecular weight is 200 g/mol. The molecule has 0 spiro atoms. The second kappa shape index (κ2) is 8.18. The van der Waals surface area contributed by atoms with Crippen LogP contribution in [0.25, 0.3) is 0 Å². The summed E-state index contributed by atoms with van der Waals surface area (Å²) in [6.45, 7) is 0. The van der Waals surface area contributed by atoms with Crippen molar-refractivity contribution in [3.63, 3.8) is 0 Å². The fraction of sp³-hybridized carbons (Fsp3) is 0.667. The Morgan fingerprint density at radius 3 is 1.82 bits per heavy atom. The molecule has 0 aromatic rings. The van der Waals surface area contributed by atoms with Crippen molar-refractivity contribution < 1.29 is 24.5 Å². The Kier molecular flexibility index (Phi) is 13.7. The zero-order chi connectivity index (χ0) is 7.49. The van der Waals surface area contributed by atoms with Gasteiger partial charge in [0.2, 0.25) is 10.5 Å². The normalized spacial score (nSPS) is 9.36. The van der Waals surface area contributed by atoms with E-state index < -0.39 is 18.4 Å². The number of aliphatic hydroxyl groups is 3. The van der Waals surface area contributed by atoms with Crippen molar-refractivity contribution in [2.75, 3.05) is 0 Å². The second-order valence-corrected chi connectivity index (χ2v) is 1.94. The Bertz CT molecular complexity index is 113. The third kappa shape index (κ3) is 14.4. The molecule has 0 radical (unpaired) electrons. The first-order valence-electron chi connectivity index (χ1n) is 2.19. The summed E-state index contributed by atoms with van der Waals surface area (Å²) < 4.78 is 4.15. The van der Waals surface area contributed by atoms with E-state index >= 15 is 0 Å². The minimum absolute atomic E-state index is 0. The monoisotopic (exact) mass is 200 g/mol. The van der Waals surface area contributed by atoms with E-state index in [1.807, 2.05) is 0 Å². The summed E-state index contributed by atoms with van der Waals surface area (Å²) in [7, 11) is 0.183. The Hall–Kier alpha value is 1.57. The van der Waals surface area contributed by atoms with Crippen LogP contribution in [-0.4, -0.2) is 96.9 Å². The van der Waals surface area contributed by atoms with E-state index in [1.165, 1.54) is 0 Å². The predicted molar refractivity (Wildman–Crippen MR) is 44.3 cm³/mol.